The van der Waals surface area contributed by atoms with Crippen molar-refractivity contribution in [3.63, 3.8) is 0 Å². The summed E-state index contributed by atoms with van der Waals surface area (Å²) in [7, 11) is -3.95. The Balaban J connectivity index is 1.89. The van der Waals surface area contributed by atoms with E-state index in [2.05, 4.69) is 5.32 Å². The molecule has 0 fully saturated rings. The Morgan fingerprint density at radius 3 is 2.29 bits per heavy atom. The molecular weight excluding hydrogens is 479 g/mol. The fraction of sp³-hybridized carbons (Fsp3) is 0.136. The number of benzene rings is 3. The molecule has 0 radical (unpaired) electrons. The van der Waals surface area contributed by atoms with Crippen molar-refractivity contribution in [3.8, 4) is 0 Å². The van der Waals surface area contributed by atoms with Crippen LogP contribution in [0.3, 0.4) is 0 Å². The molecule has 1 amide bonds. The maximum Gasteiger partial charge on any atom is 0.243 e. The summed E-state index contributed by atoms with van der Waals surface area (Å²) in [6.07, 6.45) is 0. The molecule has 0 saturated heterocycles. The van der Waals surface area contributed by atoms with Crippen molar-refractivity contribution >= 4 is 56.4 Å². The van der Waals surface area contributed by atoms with Gasteiger partial charge in [0.1, 0.15) is 0 Å². The molecule has 0 heterocycles. The van der Waals surface area contributed by atoms with E-state index in [0.29, 0.717) is 26.3 Å². The van der Waals surface area contributed by atoms with Crippen LogP contribution in [0, 0.1) is 6.92 Å². The zero-order valence-electron chi connectivity index (χ0n) is 16.5. The Morgan fingerprint density at radius 2 is 1.65 bits per heavy atom. The highest BCUT2D eigenvalue weighted by molar-refractivity contribution is 7.89. The third-order valence-electron chi connectivity index (χ3n) is 4.51. The summed E-state index contributed by atoms with van der Waals surface area (Å²) in [4.78, 5) is 12.8. The predicted molar refractivity (Wildman–Crippen MR) is 125 cm³/mol. The van der Waals surface area contributed by atoms with Crippen molar-refractivity contribution in [2.75, 3.05) is 11.9 Å². The molecule has 0 bridgehead atoms. The van der Waals surface area contributed by atoms with Crippen LogP contribution in [0.4, 0.5) is 5.69 Å². The lowest BCUT2D eigenvalue weighted by Crippen LogP contribution is -2.37. The third kappa shape index (κ3) is 5.99. The monoisotopic (exact) mass is 496 g/mol. The van der Waals surface area contributed by atoms with Crippen LogP contribution >= 0.6 is 34.8 Å². The maximum absolute atomic E-state index is 13.3. The topological polar surface area (TPSA) is 66.5 Å². The normalized spacial score (nSPS) is 11.5. The van der Waals surface area contributed by atoms with Crippen molar-refractivity contribution in [2.45, 2.75) is 18.4 Å². The molecule has 0 atom stereocenters. The highest BCUT2D eigenvalue weighted by Gasteiger charge is 2.27. The molecular formula is C22H19Cl3N2O3S. The molecule has 0 aliphatic heterocycles. The van der Waals surface area contributed by atoms with E-state index in [1.165, 1.54) is 12.1 Å². The first-order valence-electron chi connectivity index (χ1n) is 9.22. The molecule has 0 unspecified atom stereocenters. The van der Waals surface area contributed by atoms with E-state index >= 15 is 0 Å². The number of nitrogens with zero attached hydrogens (tertiary/aromatic N) is 1. The molecule has 162 valence electrons. The second kappa shape index (κ2) is 10.0. The Hall–Kier alpha value is -2.09. The van der Waals surface area contributed by atoms with Gasteiger partial charge < -0.3 is 5.32 Å². The van der Waals surface area contributed by atoms with Crippen LogP contribution in [0.5, 0.6) is 0 Å². The summed E-state index contributed by atoms with van der Waals surface area (Å²) in [6, 6.07) is 17.8. The second-order valence-corrected chi connectivity index (χ2v) is 10.0. The Morgan fingerprint density at radius 1 is 0.935 bits per heavy atom. The number of carbonyl (C=O) groups excluding carboxylic acids is 1. The smallest absolute Gasteiger partial charge is 0.243 e. The number of rotatable bonds is 7. The van der Waals surface area contributed by atoms with E-state index in [4.69, 9.17) is 34.8 Å². The molecule has 3 aromatic rings. The van der Waals surface area contributed by atoms with Crippen LogP contribution in [0.1, 0.15) is 11.1 Å². The number of nitrogens with one attached hydrogen (secondary N) is 1. The van der Waals surface area contributed by atoms with Gasteiger partial charge in [-0.15, -0.1) is 0 Å². The first kappa shape index (κ1) is 23.6. The van der Waals surface area contributed by atoms with Gasteiger partial charge >= 0.3 is 0 Å². The summed E-state index contributed by atoms with van der Waals surface area (Å²) >= 11 is 18.0. The zero-order chi connectivity index (χ0) is 22.6. The Labute approximate surface area is 196 Å². The average molecular weight is 498 g/mol. The van der Waals surface area contributed by atoms with Crippen LogP contribution < -0.4 is 5.32 Å². The fourth-order valence-corrected chi connectivity index (χ4v) is 4.88. The minimum Gasteiger partial charge on any atom is -0.325 e. The zero-order valence-corrected chi connectivity index (χ0v) is 19.6. The average Bonchev–Trinajstić information content (AvgIpc) is 2.73. The molecule has 9 heteroatoms. The van der Waals surface area contributed by atoms with Crippen molar-refractivity contribution < 1.29 is 13.2 Å². The molecule has 31 heavy (non-hydrogen) atoms. The molecule has 0 aliphatic carbocycles. The summed E-state index contributed by atoms with van der Waals surface area (Å²) in [5.74, 6) is -0.481. The first-order chi connectivity index (χ1) is 14.7. The van der Waals surface area contributed by atoms with Crippen LogP contribution in [0.2, 0.25) is 15.1 Å². The van der Waals surface area contributed by atoms with Gasteiger partial charge in [0, 0.05) is 17.3 Å². The third-order valence-corrected chi connectivity index (χ3v) is 7.29. The van der Waals surface area contributed by atoms with Crippen molar-refractivity contribution in [2.24, 2.45) is 0 Å². The predicted octanol–water partition coefficient (Wildman–Crippen LogP) is 5.78. The summed E-state index contributed by atoms with van der Waals surface area (Å²) in [5.41, 5.74) is 1.92. The van der Waals surface area contributed by atoms with E-state index in [-0.39, 0.29) is 18.0 Å². The summed E-state index contributed by atoms with van der Waals surface area (Å²) in [5, 5.41) is 3.95. The number of aryl methyl sites for hydroxylation is 1. The quantitative estimate of drug-likeness (QED) is 0.449. The lowest BCUT2D eigenvalue weighted by atomic mass is 10.2. The number of sulfonamides is 1. The van der Waals surface area contributed by atoms with Crippen LogP contribution in [0.25, 0.3) is 0 Å². The molecule has 5 nitrogen and oxygen atoms in total. The number of hydrogen-bond acceptors (Lipinski definition) is 3. The van der Waals surface area contributed by atoms with E-state index in [1.54, 1.807) is 61.5 Å². The number of anilines is 1. The molecule has 3 aromatic carbocycles. The number of amides is 1. The summed E-state index contributed by atoms with van der Waals surface area (Å²) < 4.78 is 27.6. The van der Waals surface area contributed by atoms with Crippen molar-refractivity contribution in [1.29, 1.82) is 0 Å². The van der Waals surface area contributed by atoms with E-state index in [1.807, 2.05) is 0 Å². The number of carbonyl (C=O) groups is 1. The molecule has 1 N–H and O–H groups in total. The minimum atomic E-state index is -3.95. The van der Waals surface area contributed by atoms with Gasteiger partial charge in [0.2, 0.25) is 15.9 Å². The van der Waals surface area contributed by atoms with Crippen LogP contribution in [-0.4, -0.2) is 25.2 Å². The number of hydrogen-bond donors (Lipinski definition) is 1. The second-order valence-electron chi connectivity index (χ2n) is 6.84. The maximum atomic E-state index is 13.3. The Kier molecular flexibility index (Phi) is 7.62. The Bertz CT molecular complexity index is 1200. The number of halogens is 3. The van der Waals surface area contributed by atoms with Crippen LogP contribution in [0.15, 0.2) is 71.6 Å². The van der Waals surface area contributed by atoms with E-state index < -0.39 is 15.9 Å². The van der Waals surface area contributed by atoms with E-state index in [9.17, 15) is 13.2 Å². The lowest BCUT2D eigenvalue weighted by molar-refractivity contribution is -0.116. The van der Waals surface area contributed by atoms with E-state index in [0.717, 1.165) is 9.87 Å². The van der Waals surface area contributed by atoms with Gasteiger partial charge in [-0.3, -0.25) is 4.79 Å². The lowest BCUT2D eigenvalue weighted by Gasteiger charge is -2.22. The highest BCUT2D eigenvalue weighted by Crippen LogP contribution is 2.25. The molecule has 0 aromatic heterocycles. The van der Waals surface area contributed by atoms with Gasteiger partial charge in [-0.2, -0.15) is 4.31 Å². The largest absolute Gasteiger partial charge is 0.325 e. The standard InChI is InChI=1S/C22H19Cl3N2O3S/c1-15-11-17(23)8-10-21(15)26-22(28)14-27(13-16-7-9-19(24)20(25)12-16)31(29,30)18-5-3-2-4-6-18/h2-12H,13-14H2,1H3,(H,26,28). The molecule has 0 saturated carbocycles. The van der Waals surface area contributed by atoms with Crippen LogP contribution in [-0.2, 0) is 21.4 Å². The van der Waals surface area contributed by atoms with Gasteiger partial charge in [0.15, 0.2) is 0 Å². The van der Waals surface area contributed by atoms with Gasteiger partial charge in [-0.1, -0.05) is 59.1 Å². The molecule has 3 rings (SSSR count). The minimum absolute atomic E-state index is 0.0544. The molecule has 0 aliphatic rings. The molecule has 0 spiro atoms. The van der Waals surface area contributed by atoms with Gasteiger partial charge in [0.05, 0.1) is 21.5 Å². The van der Waals surface area contributed by atoms with Gasteiger partial charge in [0.25, 0.3) is 0 Å². The van der Waals surface area contributed by atoms with Crippen molar-refractivity contribution in [1.82, 2.24) is 4.31 Å². The first-order valence-corrected chi connectivity index (χ1v) is 11.8. The van der Waals surface area contributed by atoms with Gasteiger partial charge in [-0.05, 0) is 60.5 Å². The van der Waals surface area contributed by atoms with Crippen molar-refractivity contribution in [3.05, 3.63) is 92.9 Å². The van der Waals surface area contributed by atoms with Gasteiger partial charge in [-0.25, -0.2) is 8.42 Å². The SMILES string of the molecule is Cc1cc(Cl)ccc1NC(=O)CN(Cc1ccc(Cl)c(Cl)c1)S(=O)(=O)c1ccccc1. The summed E-state index contributed by atoms with van der Waals surface area (Å²) in [6.45, 7) is 1.36. The fourth-order valence-electron chi connectivity index (χ4n) is 2.93. The highest BCUT2D eigenvalue weighted by atomic mass is 35.5.